The van der Waals surface area contributed by atoms with Gasteiger partial charge in [0.25, 0.3) is 0 Å². The fourth-order valence-electron chi connectivity index (χ4n) is 0.538. The first-order valence-corrected chi connectivity index (χ1v) is 4.78. The Bertz CT molecular complexity index is 204. The molecule has 0 saturated heterocycles. The first-order valence-electron chi connectivity index (χ1n) is 2.15. The number of hydrogen-bond donors (Lipinski definition) is 0. The summed E-state index contributed by atoms with van der Waals surface area (Å²) < 4.78 is 21.0. The molecular formula is C4H5BrO2S. The summed E-state index contributed by atoms with van der Waals surface area (Å²) in [6.45, 7) is 0. The highest BCUT2D eigenvalue weighted by molar-refractivity contribution is 9.09. The normalized spacial score (nSPS) is 33.4. The Labute approximate surface area is 56.6 Å². The molecule has 0 spiro atoms. The molecule has 0 fully saturated rings. The third-order valence-electron chi connectivity index (χ3n) is 0.886. The summed E-state index contributed by atoms with van der Waals surface area (Å²) >= 11 is 3.15. The smallest absolute Gasteiger partial charge is 0.172 e. The Hall–Kier alpha value is 0.170. The van der Waals surface area contributed by atoms with Gasteiger partial charge in [0.2, 0.25) is 0 Å². The van der Waals surface area contributed by atoms with Crippen LogP contribution < -0.4 is 0 Å². The first-order chi connectivity index (χ1) is 3.60. The maximum absolute atomic E-state index is 10.5. The SMILES string of the molecule is O=S1(=O)C=CC(Br)C1. The van der Waals surface area contributed by atoms with E-state index in [-0.39, 0.29) is 10.6 Å². The molecule has 0 aromatic heterocycles. The molecule has 8 heavy (non-hydrogen) atoms. The van der Waals surface area contributed by atoms with E-state index < -0.39 is 9.84 Å². The van der Waals surface area contributed by atoms with Crippen molar-refractivity contribution in [3.05, 3.63) is 11.5 Å². The van der Waals surface area contributed by atoms with E-state index in [1.807, 2.05) is 0 Å². The minimum Gasteiger partial charge on any atom is -0.224 e. The van der Waals surface area contributed by atoms with Crippen molar-refractivity contribution in [2.45, 2.75) is 4.83 Å². The third-order valence-corrected chi connectivity index (χ3v) is 3.34. The van der Waals surface area contributed by atoms with Crippen molar-refractivity contribution in [3.63, 3.8) is 0 Å². The Morgan fingerprint density at radius 3 is 2.38 bits per heavy atom. The van der Waals surface area contributed by atoms with Crippen LogP contribution in [0, 0.1) is 0 Å². The van der Waals surface area contributed by atoms with Crippen molar-refractivity contribution in [2.75, 3.05) is 5.75 Å². The Morgan fingerprint density at radius 1 is 1.62 bits per heavy atom. The monoisotopic (exact) mass is 196 g/mol. The van der Waals surface area contributed by atoms with Crippen molar-refractivity contribution >= 4 is 25.8 Å². The van der Waals surface area contributed by atoms with Crippen LogP contribution in [0.3, 0.4) is 0 Å². The number of alkyl halides is 1. The molecule has 0 radical (unpaired) electrons. The Morgan fingerprint density at radius 2 is 2.25 bits per heavy atom. The molecule has 0 amide bonds. The second kappa shape index (κ2) is 1.84. The molecule has 2 nitrogen and oxygen atoms in total. The van der Waals surface area contributed by atoms with Crippen molar-refractivity contribution < 1.29 is 8.42 Å². The van der Waals surface area contributed by atoms with Crippen LogP contribution in [0.4, 0.5) is 0 Å². The van der Waals surface area contributed by atoms with Crippen molar-refractivity contribution in [1.82, 2.24) is 0 Å². The molecular weight excluding hydrogens is 192 g/mol. The predicted molar refractivity (Wildman–Crippen MR) is 35.6 cm³/mol. The molecule has 0 N–H and O–H groups in total. The largest absolute Gasteiger partial charge is 0.224 e. The van der Waals surface area contributed by atoms with E-state index >= 15 is 0 Å². The molecule has 1 unspecified atom stereocenters. The van der Waals surface area contributed by atoms with Crippen LogP contribution in [0.2, 0.25) is 0 Å². The van der Waals surface area contributed by atoms with E-state index in [0.29, 0.717) is 0 Å². The van der Waals surface area contributed by atoms with E-state index in [4.69, 9.17) is 0 Å². The molecule has 1 aliphatic rings. The molecule has 1 aliphatic heterocycles. The summed E-state index contributed by atoms with van der Waals surface area (Å²) in [6, 6.07) is 0. The molecule has 1 rings (SSSR count). The van der Waals surface area contributed by atoms with Gasteiger partial charge in [0.15, 0.2) is 9.84 Å². The highest BCUT2D eigenvalue weighted by Crippen LogP contribution is 2.14. The van der Waals surface area contributed by atoms with Gasteiger partial charge in [-0.3, -0.25) is 0 Å². The fraction of sp³-hybridized carbons (Fsp3) is 0.500. The minimum atomic E-state index is -2.82. The van der Waals surface area contributed by atoms with E-state index in [1.165, 1.54) is 5.41 Å². The summed E-state index contributed by atoms with van der Waals surface area (Å²) in [5, 5.41) is 1.24. The van der Waals surface area contributed by atoms with E-state index in [0.717, 1.165) is 0 Å². The van der Waals surface area contributed by atoms with Crippen LogP contribution in [-0.2, 0) is 9.84 Å². The molecule has 4 heteroatoms. The van der Waals surface area contributed by atoms with Gasteiger partial charge in [0.1, 0.15) is 0 Å². The summed E-state index contributed by atoms with van der Waals surface area (Å²) in [5.41, 5.74) is 0. The van der Waals surface area contributed by atoms with Gasteiger partial charge in [0, 0.05) is 10.2 Å². The molecule has 0 aliphatic carbocycles. The first kappa shape index (κ1) is 6.29. The predicted octanol–water partition coefficient (Wildman–Crippen LogP) is 0.692. The van der Waals surface area contributed by atoms with Crippen LogP contribution in [0.5, 0.6) is 0 Å². The Kier molecular flexibility index (Phi) is 1.45. The number of sulfone groups is 1. The van der Waals surface area contributed by atoms with Gasteiger partial charge < -0.3 is 0 Å². The van der Waals surface area contributed by atoms with Gasteiger partial charge in [-0.1, -0.05) is 22.0 Å². The second-order valence-corrected chi connectivity index (χ2v) is 4.78. The van der Waals surface area contributed by atoms with Crippen LogP contribution in [-0.4, -0.2) is 19.0 Å². The average Bonchev–Trinajstić information content (AvgIpc) is 1.82. The van der Waals surface area contributed by atoms with E-state index in [2.05, 4.69) is 15.9 Å². The fourth-order valence-corrected chi connectivity index (χ4v) is 3.09. The van der Waals surface area contributed by atoms with Crippen molar-refractivity contribution in [2.24, 2.45) is 0 Å². The van der Waals surface area contributed by atoms with Crippen LogP contribution in [0.1, 0.15) is 0 Å². The number of allylic oxidation sites excluding steroid dienone is 1. The average molecular weight is 197 g/mol. The lowest BCUT2D eigenvalue weighted by Gasteiger charge is -1.88. The minimum absolute atomic E-state index is 0.0347. The van der Waals surface area contributed by atoms with Gasteiger partial charge in [0.05, 0.1) is 5.75 Å². The lowest BCUT2D eigenvalue weighted by molar-refractivity contribution is 0.607. The zero-order chi connectivity index (χ0) is 6.20. The highest BCUT2D eigenvalue weighted by Gasteiger charge is 2.17. The zero-order valence-electron chi connectivity index (χ0n) is 4.04. The maximum Gasteiger partial charge on any atom is 0.172 e. The zero-order valence-corrected chi connectivity index (χ0v) is 6.44. The summed E-state index contributed by atoms with van der Waals surface area (Å²) in [6.07, 6.45) is 1.63. The molecule has 0 aromatic rings. The van der Waals surface area contributed by atoms with E-state index in [9.17, 15) is 8.42 Å². The summed E-state index contributed by atoms with van der Waals surface area (Å²) in [5.74, 6) is 0.215. The van der Waals surface area contributed by atoms with Gasteiger partial charge >= 0.3 is 0 Å². The summed E-state index contributed by atoms with van der Waals surface area (Å²) in [7, 11) is -2.82. The summed E-state index contributed by atoms with van der Waals surface area (Å²) in [4.78, 5) is 0.0347. The van der Waals surface area contributed by atoms with Gasteiger partial charge in [-0.25, -0.2) is 8.42 Å². The lowest BCUT2D eigenvalue weighted by Crippen LogP contribution is -2.02. The highest BCUT2D eigenvalue weighted by atomic mass is 79.9. The maximum atomic E-state index is 10.5. The molecule has 0 aromatic carbocycles. The molecule has 1 heterocycles. The van der Waals surface area contributed by atoms with Crippen LogP contribution in [0.25, 0.3) is 0 Å². The van der Waals surface area contributed by atoms with Gasteiger partial charge in [-0.05, 0) is 0 Å². The number of hydrogen-bond acceptors (Lipinski definition) is 2. The molecule has 0 bridgehead atoms. The Balaban J connectivity index is 2.89. The van der Waals surface area contributed by atoms with Crippen molar-refractivity contribution in [1.29, 1.82) is 0 Å². The quantitative estimate of drug-likeness (QED) is 0.535. The second-order valence-electron chi connectivity index (χ2n) is 1.67. The van der Waals surface area contributed by atoms with Crippen LogP contribution >= 0.6 is 15.9 Å². The van der Waals surface area contributed by atoms with Gasteiger partial charge in [-0.15, -0.1) is 0 Å². The standard InChI is InChI=1S/C4H5BrO2S/c5-4-1-2-8(6,7)3-4/h1-2,4H,3H2. The molecule has 0 saturated carbocycles. The lowest BCUT2D eigenvalue weighted by atomic mass is 10.5. The topological polar surface area (TPSA) is 34.1 Å². The molecule has 1 atom stereocenters. The van der Waals surface area contributed by atoms with E-state index in [1.54, 1.807) is 6.08 Å². The third kappa shape index (κ3) is 1.32. The number of rotatable bonds is 0. The number of halogens is 1. The van der Waals surface area contributed by atoms with Crippen molar-refractivity contribution in [3.8, 4) is 0 Å². The van der Waals surface area contributed by atoms with Crippen LogP contribution in [0.15, 0.2) is 11.5 Å². The molecule has 46 valence electrons. The van der Waals surface area contributed by atoms with Gasteiger partial charge in [-0.2, -0.15) is 0 Å².